The van der Waals surface area contributed by atoms with E-state index in [0.29, 0.717) is 0 Å². The summed E-state index contributed by atoms with van der Waals surface area (Å²) in [4.78, 5) is 11.4. The van der Waals surface area contributed by atoms with E-state index < -0.39 is 24.2 Å². The quantitative estimate of drug-likeness (QED) is 0.755. The van der Waals surface area contributed by atoms with Gasteiger partial charge in [0.15, 0.2) is 6.10 Å². The van der Waals surface area contributed by atoms with Crippen LogP contribution in [0.25, 0.3) is 0 Å². The number of carbonyl (C=O) groups excluding carboxylic acids is 1. The molecule has 0 N–H and O–H groups in total. The Kier molecular flexibility index (Phi) is 5.67. The van der Waals surface area contributed by atoms with Crippen LogP contribution in [0.5, 0.6) is 11.5 Å². The molecular weight excluding hydrogens is 345 g/mol. The summed E-state index contributed by atoms with van der Waals surface area (Å²) in [6.07, 6.45) is -5.64. The first kappa shape index (κ1) is 16.6. The van der Waals surface area contributed by atoms with Gasteiger partial charge in [-0.25, -0.2) is 4.79 Å². The molecule has 0 fully saturated rings. The molecule has 0 saturated carbocycles. The van der Waals surface area contributed by atoms with E-state index in [0.717, 1.165) is 6.07 Å². The number of rotatable bonds is 5. The fourth-order valence-corrected chi connectivity index (χ4v) is 1.71. The lowest BCUT2D eigenvalue weighted by atomic mass is 10.3. The molecule has 0 amide bonds. The van der Waals surface area contributed by atoms with Crippen LogP contribution < -0.4 is 9.47 Å². The van der Waals surface area contributed by atoms with Crippen molar-refractivity contribution in [1.29, 1.82) is 0 Å². The maximum absolute atomic E-state index is 12.1. The van der Waals surface area contributed by atoms with Crippen molar-refractivity contribution in [2.45, 2.75) is 26.3 Å². The minimum absolute atomic E-state index is 0.0587. The van der Waals surface area contributed by atoms with Crippen molar-refractivity contribution in [3.05, 3.63) is 22.7 Å². The summed E-state index contributed by atoms with van der Waals surface area (Å²) in [7, 11) is 0. The van der Waals surface area contributed by atoms with Crippen LogP contribution in [-0.4, -0.2) is 25.0 Å². The molecule has 112 valence electrons. The maximum Gasteiger partial charge on any atom is 0.573 e. The van der Waals surface area contributed by atoms with E-state index in [-0.39, 0.29) is 16.8 Å². The minimum Gasteiger partial charge on any atom is -0.479 e. The second kappa shape index (κ2) is 6.83. The molecule has 0 saturated heterocycles. The van der Waals surface area contributed by atoms with Gasteiger partial charge in [-0.3, -0.25) is 0 Å². The molecule has 1 atom stereocenters. The predicted octanol–water partition coefficient (Wildman–Crippen LogP) is 3.68. The van der Waals surface area contributed by atoms with Crippen LogP contribution >= 0.6 is 15.9 Å². The first-order chi connectivity index (χ1) is 9.23. The number of hydrogen-bond acceptors (Lipinski definition) is 4. The molecule has 0 radical (unpaired) electrons. The SMILES string of the molecule is CCOC(=O)C(C)Oc1ccc(OC(F)(F)F)c(Br)c1. The van der Waals surface area contributed by atoms with Crippen LogP contribution in [0.4, 0.5) is 13.2 Å². The Morgan fingerprint density at radius 1 is 1.40 bits per heavy atom. The van der Waals surface area contributed by atoms with Crippen LogP contribution in [0.15, 0.2) is 22.7 Å². The first-order valence-electron chi connectivity index (χ1n) is 5.61. The standard InChI is InChI=1S/C12H12BrF3O4/c1-3-18-11(17)7(2)19-8-4-5-10(9(13)6-8)20-12(14,15)16/h4-7H,3H2,1-2H3. The fourth-order valence-electron chi connectivity index (χ4n) is 1.27. The van der Waals surface area contributed by atoms with Gasteiger partial charge in [0.2, 0.25) is 0 Å². The average Bonchev–Trinajstić information content (AvgIpc) is 2.31. The van der Waals surface area contributed by atoms with E-state index in [1.54, 1.807) is 6.92 Å². The van der Waals surface area contributed by atoms with Crippen LogP contribution in [0.3, 0.4) is 0 Å². The Hall–Kier alpha value is -1.44. The lowest BCUT2D eigenvalue weighted by molar-refractivity contribution is -0.274. The van der Waals surface area contributed by atoms with Crippen molar-refractivity contribution in [2.75, 3.05) is 6.61 Å². The molecule has 1 aromatic carbocycles. The van der Waals surface area contributed by atoms with E-state index in [1.165, 1.54) is 19.1 Å². The predicted molar refractivity (Wildman–Crippen MR) is 67.5 cm³/mol. The van der Waals surface area contributed by atoms with Crippen LogP contribution in [0, 0.1) is 0 Å². The van der Waals surface area contributed by atoms with Gasteiger partial charge in [-0.1, -0.05) is 0 Å². The Morgan fingerprint density at radius 2 is 2.05 bits per heavy atom. The van der Waals surface area contributed by atoms with Gasteiger partial charge in [0.25, 0.3) is 0 Å². The molecule has 0 bridgehead atoms. The van der Waals surface area contributed by atoms with Gasteiger partial charge in [0.1, 0.15) is 11.5 Å². The molecule has 8 heteroatoms. The normalized spacial score (nSPS) is 12.7. The number of ether oxygens (including phenoxy) is 3. The summed E-state index contributed by atoms with van der Waals surface area (Å²) in [5.74, 6) is -0.736. The zero-order valence-corrected chi connectivity index (χ0v) is 12.2. The molecule has 1 aromatic rings. The van der Waals surface area contributed by atoms with Crippen molar-refractivity contribution in [3.63, 3.8) is 0 Å². The highest BCUT2D eigenvalue weighted by Crippen LogP contribution is 2.33. The molecule has 20 heavy (non-hydrogen) atoms. The zero-order valence-electron chi connectivity index (χ0n) is 10.7. The van der Waals surface area contributed by atoms with E-state index >= 15 is 0 Å². The molecule has 1 unspecified atom stereocenters. The Labute approximate surface area is 121 Å². The summed E-state index contributed by atoms with van der Waals surface area (Å²) in [5.41, 5.74) is 0. The van der Waals surface area contributed by atoms with Crippen molar-refractivity contribution >= 4 is 21.9 Å². The highest BCUT2D eigenvalue weighted by Gasteiger charge is 2.32. The van der Waals surface area contributed by atoms with Gasteiger partial charge in [-0.15, -0.1) is 13.2 Å². The average molecular weight is 357 g/mol. The van der Waals surface area contributed by atoms with Crippen molar-refractivity contribution in [3.8, 4) is 11.5 Å². The largest absolute Gasteiger partial charge is 0.573 e. The third-order valence-electron chi connectivity index (χ3n) is 2.06. The lowest BCUT2D eigenvalue weighted by Crippen LogP contribution is -2.26. The van der Waals surface area contributed by atoms with Gasteiger partial charge in [0.05, 0.1) is 11.1 Å². The van der Waals surface area contributed by atoms with Gasteiger partial charge >= 0.3 is 12.3 Å². The van der Waals surface area contributed by atoms with Gasteiger partial charge < -0.3 is 14.2 Å². The van der Waals surface area contributed by atoms with Crippen molar-refractivity contribution in [2.24, 2.45) is 0 Å². The third-order valence-corrected chi connectivity index (χ3v) is 2.68. The summed E-state index contributed by atoms with van der Waals surface area (Å²) in [6.45, 7) is 3.35. The highest BCUT2D eigenvalue weighted by atomic mass is 79.9. The summed E-state index contributed by atoms with van der Waals surface area (Å²) in [5, 5.41) is 0. The number of hydrogen-bond donors (Lipinski definition) is 0. The molecule has 1 rings (SSSR count). The van der Waals surface area contributed by atoms with Crippen molar-refractivity contribution < 1.29 is 32.2 Å². The topological polar surface area (TPSA) is 44.8 Å². The molecule has 0 aliphatic carbocycles. The molecule has 0 aliphatic heterocycles. The van der Waals surface area contributed by atoms with E-state index in [2.05, 4.69) is 20.7 Å². The van der Waals surface area contributed by atoms with E-state index in [1.807, 2.05) is 0 Å². The zero-order chi connectivity index (χ0) is 15.3. The van der Waals surface area contributed by atoms with Crippen LogP contribution in [0.1, 0.15) is 13.8 Å². The number of carbonyl (C=O) groups is 1. The molecule has 0 heterocycles. The fraction of sp³-hybridized carbons (Fsp3) is 0.417. The van der Waals surface area contributed by atoms with E-state index in [4.69, 9.17) is 9.47 Å². The van der Waals surface area contributed by atoms with Crippen LogP contribution in [-0.2, 0) is 9.53 Å². The van der Waals surface area contributed by atoms with Gasteiger partial charge in [-0.2, -0.15) is 0 Å². The second-order valence-corrected chi connectivity index (χ2v) is 4.51. The van der Waals surface area contributed by atoms with Gasteiger partial charge in [0, 0.05) is 0 Å². The van der Waals surface area contributed by atoms with E-state index in [9.17, 15) is 18.0 Å². The Bertz CT molecular complexity index is 476. The molecule has 0 aliphatic rings. The molecule has 0 spiro atoms. The summed E-state index contributed by atoms with van der Waals surface area (Å²) < 4.78 is 50.1. The Balaban J connectivity index is 2.75. The van der Waals surface area contributed by atoms with Gasteiger partial charge in [-0.05, 0) is 48.0 Å². The first-order valence-corrected chi connectivity index (χ1v) is 6.41. The Morgan fingerprint density at radius 3 is 2.55 bits per heavy atom. The van der Waals surface area contributed by atoms with Crippen molar-refractivity contribution in [1.82, 2.24) is 0 Å². The molecular formula is C12H12BrF3O4. The summed E-state index contributed by atoms with van der Waals surface area (Å²) in [6, 6.07) is 3.63. The second-order valence-electron chi connectivity index (χ2n) is 3.65. The molecule has 0 aromatic heterocycles. The number of alkyl halides is 3. The smallest absolute Gasteiger partial charge is 0.479 e. The summed E-state index contributed by atoms with van der Waals surface area (Å²) >= 11 is 2.94. The van der Waals surface area contributed by atoms with Crippen LogP contribution in [0.2, 0.25) is 0 Å². The number of esters is 1. The highest BCUT2D eigenvalue weighted by molar-refractivity contribution is 9.10. The number of benzene rings is 1. The maximum atomic E-state index is 12.1. The number of halogens is 4. The lowest BCUT2D eigenvalue weighted by Gasteiger charge is -2.15. The minimum atomic E-state index is -4.77. The monoisotopic (exact) mass is 356 g/mol. The molecule has 4 nitrogen and oxygen atoms in total. The third kappa shape index (κ3) is 5.28.